The number of nitrogens with one attached hydrogen (secondary N) is 1. The average Bonchev–Trinajstić information content (AvgIpc) is 3.27. The molecule has 1 N–H and O–H groups in total. The van der Waals surface area contributed by atoms with E-state index in [4.69, 9.17) is 9.72 Å². The van der Waals surface area contributed by atoms with Gasteiger partial charge in [-0.3, -0.25) is 0 Å². The molecule has 10 heteroatoms. The van der Waals surface area contributed by atoms with Crippen molar-refractivity contribution in [1.82, 2.24) is 19.5 Å². The third-order valence-electron chi connectivity index (χ3n) is 9.26. The van der Waals surface area contributed by atoms with Gasteiger partial charge in [-0.15, -0.1) is 0 Å². The van der Waals surface area contributed by atoms with Gasteiger partial charge in [-0.1, -0.05) is 56.5 Å². The van der Waals surface area contributed by atoms with Crippen LogP contribution in [-0.2, 0) is 21.1 Å². The molecule has 216 valence electrons. The van der Waals surface area contributed by atoms with Crippen LogP contribution in [0.15, 0.2) is 35.5 Å². The Kier molecular flexibility index (Phi) is 7.74. The van der Waals surface area contributed by atoms with Crippen LogP contribution in [0.3, 0.4) is 0 Å². The van der Waals surface area contributed by atoms with Crippen molar-refractivity contribution in [2.45, 2.75) is 82.6 Å². The maximum Gasteiger partial charge on any atom is 0.250 e. The quantitative estimate of drug-likeness (QED) is 0.370. The molecule has 0 unspecified atom stereocenters. The highest BCUT2D eigenvalue weighted by molar-refractivity contribution is 7.90. The number of nitrogens with zero attached hydrogens (tertiary/aromatic N) is 5. The van der Waals surface area contributed by atoms with Crippen molar-refractivity contribution in [3.05, 3.63) is 35.9 Å². The van der Waals surface area contributed by atoms with Crippen molar-refractivity contribution in [3.63, 3.8) is 0 Å². The molecule has 0 bridgehead atoms. The lowest BCUT2D eigenvalue weighted by molar-refractivity contribution is 0.0927. The SMILES string of the molecule is C[C@@H](Nc1nc(S(C)(=O)=O)nc2nc(N3CCOC[C@H]3c3ccccc3)n(C[C@H]3CC[C@H](C)CC3)c12)C1CCC1. The summed E-state index contributed by atoms with van der Waals surface area (Å²) in [4.78, 5) is 16.6. The van der Waals surface area contributed by atoms with E-state index < -0.39 is 9.84 Å². The van der Waals surface area contributed by atoms with E-state index >= 15 is 0 Å². The van der Waals surface area contributed by atoms with Crippen LogP contribution < -0.4 is 10.2 Å². The minimum atomic E-state index is -3.63. The molecule has 0 amide bonds. The summed E-state index contributed by atoms with van der Waals surface area (Å²) in [5.41, 5.74) is 2.42. The largest absolute Gasteiger partial charge is 0.377 e. The fraction of sp³-hybridized carbons (Fsp3) is 0.633. The van der Waals surface area contributed by atoms with E-state index in [-0.39, 0.29) is 17.2 Å². The zero-order chi connectivity index (χ0) is 27.9. The first-order valence-electron chi connectivity index (χ1n) is 14.9. The monoisotopic (exact) mass is 566 g/mol. The van der Waals surface area contributed by atoms with E-state index in [1.54, 1.807) is 0 Å². The highest BCUT2D eigenvalue weighted by Gasteiger charge is 2.33. The van der Waals surface area contributed by atoms with Gasteiger partial charge in [0.25, 0.3) is 5.16 Å². The number of anilines is 2. The number of morpholine rings is 1. The predicted molar refractivity (Wildman–Crippen MR) is 157 cm³/mol. The van der Waals surface area contributed by atoms with Gasteiger partial charge in [0.1, 0.15) is 5.52 Å². The molecule has 3 aliphatic rings. The normalized spacial score (nSPS) is 25.1. The average molecular weight is 567 g/mol. The third-order valence-corrected chi connectivity index (χ3v) is 10.1. The highest BCUT2D eigenvalue weighted by atomic mass is 32.2. The second kappa shape index (κ2) is 11.3. The number of hydrogen-bond donors (Lipinski definition) is 1. The summed E-state index contributed by atoms with van der Waals surface area (Å²) >= 11 is 0. The lowest BCUT2D eigenvalue weighted by Gasteiger charge is -2.37. The Bertz CT molecular complexity index is 1430. The molecule has 2 atom stereocenters. The van der Waals surface area contributed by atoms with Crippen LogP contribution in [0, 0.1) is 17.8 Å². The van der Waals surface area contributed by atoms with Gasteiger partial charge < -0.3 is 19.5 Å². The molecule has 1 aromatic carbocycles. The minimum Gasteiger partial charge on any atom is -0.377 e. The summed E-state index contributed by atoms with van der Waals surface area (Å²) in [6.45, 7) is 7.20. The van der Waals surface area contributed by atoms with E-state index in [2.05, 4.69) is 62.9 Å². The second-order valence-corrected chi connectivity index (χ2v) is 14.2. The summed E-state index contributed by atoms with van der Waals surface area (Å²) in [6.07, 6.45) is 9.58. The molecular formula is C30H42N6O3S. The Balaban J connectivity index is 1.50. The van der Waals surface area contributed by atoms with Gasteiger partial charge in [0.05, 0.1) is 19.3 Å². The first-order chi connectivity index (χ1) is 19.3. The molecule has 6 rings (SSSR count). The van der Waals surface area contributed by atoms with E-state index in [1.165, 1.54) is 56.8 Å². The van der Waals surface area contributed by atoms with Crippen molar-refractivity contribution in [2.24, 2.45) is 17.8 Å². The maximum atomic E-state index is 12.7. The number of rotatable bonds is 8. The summed E-state index contributed by atoms with van der Waals surface area (Å²) < 4.78 is 33.6. The zero-order valence-corrected chi connectivity index (χ0v) is 24.7. The Hall–Kier alpha value is -2.72. The molecule has 1 aliphatic heterocycles. The molecule has 1 saturated heterocycles. The molecular weight excluding hydrogens is 524 g/mol. The van der Waals surface area contributed by atoms with Crippen molar-refractivity contribution in [1.29, 1.82) is 0 Å². The lowest BCUT2D eigenvalue weighted by Crippen LogP contribution is -2.41. The number of fused-ring (bicyclic) bond motifs is 1. The fourth-order valence-electron chi connectivity index (χ4n) is 6.50. The second-order valence-electron chi connectivity index (χ2n) is 12.3. The summed E-state index contributed by atoms with van der Waals surface area (Å²) in [5.74, 6) is 3.25. The molecule has 0 radical (unpaired) electrons. The van der Waals surface area contributed by atoms with Gasteiger partial charge in [-0.05, 0) is 55.9 Å². The number of hydrogen-bond acceptors (Lipinski definition) is 8. The number of ether oxygens (including phenoxy) is 1. The van der Waals surface area contributed by atoms with Crippen molar-refractivity contribution < 1.29 is 13.2 Å². The smallest absolute Gasteiger partial charge is 0.250 e. The van der Waals surface area contributed by atoms with E-state index in [0.717, 1.165) is 23.9 Å². The molecule has 3 heterocycles. The first-order valence-corrected chi connectivity index (χ1v) is 16.8. The zero-order valence-electron chi connectivity index (χ0n) is 23.9. The summed E-state index contributed by atoms with van der Waals surface area (Å²) in [6, 6.07) is 10.6. The van der Waals surface area contributed by atoms with Gasteiger partial charge in [-0.2, -0.15) is 15.0 Å². The van der Waals surface area contributed by atoms with E-state index in [9.17, 15) is 8.42 Å². The van der Waals surface area contributed by atoms with Gasteiger partial charge >= 0.3 is 0 Å². The van der Waals surface area contributed by atoms with Crippen molar-refractivity contribution >= 4 is 32.8 Å². The molecule has 0 spiro atoms. The Morgan fingerprint density at radius 3 is 2.48 bits per heavy atom. The van der Waals surface area contributed by atoms with Crippen molar-refractivity contribution in [2.75, 3.05) is 36.2 Å². The number of sulfone groups is 1. The molecule has 3 fully saturated rings. The molecule has 40 heavy (non-hydrogen) atoms. The standard InChI is InChI=1S/C30H42N6O3S/c1-20-12-14-22(15-13-20)18-36-26-27(31-21(2)23-10-7-11-23)32-29(40(3,37)38)33-28(26)34-30(36)35-16-17-39-19-25(35)24-8-5-4-6-9-24/h4-6,8-9,20-23,25H,7,10-19H2,1-3H3,(H,31,32,33)/t20-,21-,22-,25+/m1/s1. The first kappa shape index (κ1) is 27.4. The Morgan fingerprint density at radius 1 is 1.05 bits per heavy atom. The van der Waals surface area contributed by atoms with Gasteiger partial charge in [0.2, 0.25) is 15.8 Å². The summed E-state index contributed by atoms with van der Waals surface area (Å²) in [5, 5.41) is 3.45. The molecule has 2 aliphatic carbocycles. The summed E-state index contributed by atoms with van der Waals surface area (Å²) in [7, 11) is -3.63. The maximum absolute atomic E-state index is 12.7. The highest BCUT2D eigenvalue weighted by Crippen LogP contribution is 2.38. The van der Waals surface area contributed by atoms with Crippen LogP contribution in [0.1, 0.15) is 70.4 Å². The minimum absolute atomic E-state index is 0.00420. The third kappa shape index (κ3) is 5.57. The molecule has 3 aromatic rings. The van der Waals surface area contributed by atoms with Crippen LogP contribution in [0.25, 0.3) is 11.2 Å². The topological polar surface area (TPSA) is 102 Å². The van der Waals surface area contributed by atoms with Crippen LogP contribution in [0.5, 0.6) is 0 Å². The van der Waals surface area contributed by atoms with Crippen LogP contribution >= 0.6 is 0 Å². The molecule has 9 nitrogen and oxygen atoms in total. The molecule has 2 aromatic heterocycles. The van der Waals surface area contributed by atoms with E-state index in [0.29, 0.717) is 43.1 Å². The number of imidazole rings is 1. The number of benzene rings is 1. The van der Waals surface area contributed by atoms with Crippen LogP contribution in [0.2, 0.25) is 0 Å². The fourth-order valence-corrected chi connectivity index (χ4v) is 7.01. The Morgan fingerprint density at radius 2 is 1.80 bits per heavy atom. The number of aromatic nitrogens is 4. The van der Waals surface area contributed by atoms with E-state index in [1.807, 2.05) is 6.07 Å². The lowest BCUT2D eigenvalue weighted by atomic mass is 9.80. The van der Waals surface area contributed by atoms with Crippen molar-refractivity contribution in [3.8, 4) is 0 Å². The molecule has 2 saturated carbocycles. The van der Waals surface area contributed by atoms with Gasteiger partial charge in [0, 0.05) is 25.4 Å². The van der Waals surface area contributed by atoms with Crippen LogP contribution in [-0.4, -0.2) is 60.0 Å². The predicted octanol–water partition coefficient (Wildman–Crippen LogP) is 5.23. The van der Waals surface area contributed by atoms with Crippen LogP contribution in [0.4, 0.5) is 11.8 Å². The van der Waals surface area contributed by atoms with Gasteiger partial charge in [0.15, 0.2) is 11.5 Å². The Labute approximate surface area is 237 Å². The van der Waals surface area contributed by atoms with Gasteiger partial charge in [-0.25, -0.2) is 8.42 Å².